The maximum atomic E-state index is 10.3. The van der Waals surface area contributed by atoms with E-state index >= 15 is 0 Å². The monoisotopic (exact) mass is 307 g/mol. The molecule has 0 radical (unpaired) electrons. The fourth-order valence-corrected chi connectivity index (χ4v) is 2.04. The standard InChI is InChI=1S/C8H7Br2NO2/c9-5-3-6(10)7(11-4-5)1-2-8(12)13/h3-4H,1-2H2,(H,12,13). The molecule has 3 nitrogen and oxygen atoms in total. The number of rotatable bonds is 3. The highest BCUT2D eigenvalue weighted by Gasteiger charge is 2.04. The predicted molar refractivity (Wildman–Crippen MR) is 55.6 cm³/mol. The summed E-state index contributed by atoms with van der Waals surface area (Å²) in [6.45, 7) is 0. The van der Waals surface area contributed by atoms with Gasteiger partial charge in [0.2, 0.25) is 0 Å². The van der Waals surface area contributed by atoms with Crippen molar-refractivity contribution >= 4 is 37.8 Å². The molecule has 0 atom stereocenters. The van der Waals surface area contributed by atoms with Crippen LogP contribution in [-0.4, -0.2) is 16.1 Å². The lowest BCUT2D eigenvalue weighted by Crippen LogP contribution is -1.99. The van der Waals surface area contributed by atoms with Gasteiger partial charge in [-0.25, -0.2) is 0 Å². The molecule has 5 heteroatoms. The Kier molecular flexibility index (Phi) is 3.87. The first-order valence-corrected chi connectivity index (χ1v) is 5.20. The summed E-state index contributed by atoms with van der Waals surface area (Å²) in [5.41, 5.74) is 0.769. The lowest BCUT2D eigenvalue weighted by molar-refractivity contribution is -0.136. The molecule has 0 saturated heterocycles. The van der Waals surface area contributed by atoms with Crippen LogP contribution in [0.15, 0.2) is 21.2 Å². The van der Waals surface area contributed by atoms with Crippen LogP contribution in [0.25, 0.3) is 0 Å². The average Bonchev–Trinajstić information content (AvgIpc) is 2.02. The summed E-state index contributed by atoms with van der Waals surface area (Å²) in [5.74, 6) is -0.809. The lowest BCUT2D eigenvalue weighted by atomic mass is 10.2. The van der Waals surface area contributed by atoms with Crippen molar-refractivity contribution in [2.45, 2.75) is 12.8 Å². The maximum Gasteiger partial charge on any atom is 0.303 e. The maximum absolute atomic E-state index is 10.3. The fourth-order valence-electron chi connectivity index (χ4n) is 0.852. The number of aryl methyl sites for hydroxylation is 1. The smallest absolute Gasteiger partial charge is 0.303 e. The number of halogens is 2. The highest BCUT2D eigenvalue weighted by atomic mass is 79.9. The molecule has 0 unspecified atom stereocenters. The van der Waals surface area contributed by atoms with Crippen molar-refractivity contribution in [1.82, 2.24) is 4.98 Å². The van der Waals surface area contributed by atoms with Crippen LogP contribution in [0.4, 0.5) is 0 Å². The Balaban J connectivity index is 2.72. The molecule has 0 fully saturated rings. The Hall–Kier alpha value is -0.420. The van der Waals surface area contributed by atoms with E-state index in [9.17, 15) is 4.79 Å². The fraction of sp³-hybridized carbons (Fsp3) is 0.250. The Morgan fingerprint density at radius 3 is 2.77 bits per heavy atom. The third-order valence-electron chi connectivity index (χ3n) is 1.46. The molecule has 1 N–H and O–H groups in total. The molecule has 0 saturated carbocycles. The second-order valence-corrected chi connectivity index (χ2v) is 4.25. The summed E-state index contributed by atoms with van der Waals surface area (Å²) in [6, 6.07) is 1.85. The second-order valence-electron chi connectivity index (χ2n) is 2.48. The number of aromatic nitrogens is 1. The zero-order valence-corrected chi connectivity index (χ0v) is 9.80. The summed E-state index contributed by atoms with van der Waals surface area (Å²) in [5, 5.41) is 8.47. The van der Waals surface area contributed by atoms with Crippen molar-refractivity contribution in [2.24, 2.45) is 0 Å². The van der Waals surface area contributed by atoms with Crippen molar-refractivity contribution in [3.63, 3.8) is 0 Å². The number of aliphatic carboxylic acids is 1. The lowest BCUT2D eigenvalue weighted by Gasteiger charge is -2.01. The molecule has 1 aromatic rings. The van der Waals surface area contributed by atoms with Crippen molar-refractivity contribution in [3.05, 3.63) is 26.9 Å². The van der Waals surface area contributed by atoms with Crippen LogP contribution in [-0.2, 0) is 11.2 Å². The molecule has 1 heterocycles. The van der Waals surface area contributed by atoms with Crippen molar-refractivity contribution < 1.29 is 9.90 Å². The minimum absolute atomic E-state index is 0.104. The third-order valence-corrected chi connectivity index (χ3v) is 2.58. The van der Waals surface area contributed by atoms with Gasteiger partial charge in [-0.3, -0.25) is 9.78 Å². The van der Waals surface area contributed by atoms with Crippen LogP contribution in [0.2, 0.25) is 0 Å². The number of hydrogen-bond acceptors (Lipinski definition) is 2. The first-order valence-electron chi connectivity index (χ1n) is 3.61. The zero-order valence-electron chi connectivity index (χ0n) is 6.63. The number of hydrogen-bond donors (Lipinski definition) is 1. The summed E-state index contributed by atoms with van der Waals surface area (Å²) >= 11 is 6.58. The van der Waals surface area contributed by atoms with Gasteiger partial charge in [-0.2, -0.15) is 0 Å². The van der Waals surface area contributed by atoms with E-state index in [2.05, 4.69) is 36.8 Å². The molecule has 0 bridgehead atoms. The van der Waals surface area contributed by atoms with Gasteiger partial charge in [0.25, 0.3) is 0 Å². The Labute approximate surface area is 92.4 Å². The van der Waals surface area contributed by atoms with Gasteiger partial charge >= 0.3 is 5.97 Å². The number of carboxylic acids is 1. The first-order chi connectivity index (χ1) is 6.09. The van der Waals surface area contributed by atoms with E-state index in [1.807, 2.05) is 6.07 Å². The van der Waals surface area contributed by atoms with Crippen molar-refractivity contribution in [3.8, 4) is 0 Å². The molecule has 0 aromatic carbocycles. The van der Waals surface area contributed by atoms with Gasteiger partial charge < -0.3 is 5.11 Å². The predicted octanol–water partition coefficient (Wildman–Crippen LogP) is 2.62. The SMILES string of the molecule is O=C(O)CCc1ncc(Br)cc1Br. The topological polar surface area (TPSA) is 50.2 Å². The molecule has 70 valence electrons. The molecule has 0 aliphatic rings. The molecular formula is C8H7Br2NO2. The summed E-state index contributed by atoms with van der Waals surface area (Å²) in [6.07, 6.45) is 2.21. The zero-order chi connectivity index (χ0) is 9.84. The van der Waals surface area contributed by atoms with Crippen LogP contribution in [0.1, 0.15) is 12.1 Å². The molecule has 1 aromatic heterocycles. The Morgan fingerprint density at radius 2 is 2.23 bits per heavy atom. The largest absolute Gasteiger partial charge is 0.481 e. The van der Waals surface area contributed by atoms with Crippen LogP contribution in [0, 0.1) is 0 Å². The van der Waals surface area contributed by atoms with Gasteiger partial charge in [0.05, 0.1) is 12.1 Å². The summed E-state index contributed by atoms with van der Waals surface area (Å²) < 4.78 is 1.71. The molecule has 1 rings (SSSR count). The molecule has 0 amide bonds. The van der Waals surface area contributed by atoms with Crippen LogP contribution < -0.4 is 0 Å². The third kappa shape index (κ3) is 3.44. The van der Waals surface area contributed by atoms with Gasteiger partial charge in [-0.05, 0) is 37.9 Å². The highest BCUT2D eigenvalue weighted by Crippen LogP contribution is 2.20. The van der Waals surface area contributed by atoms with E-state index in [0.29, 0.717) is 6.42 Å². The minimum Gasteiger partial charge on any atom is -0.481 e. The number of carboxylic acid groups (broad SMARTS) is 1. The van der Waals surface area contributed by atoms with E-state index < -0.39 is 5.97 Å². The molecule has 13 heavy (non-hydrogen) atoms. The molecule has 0 spiro atoms. The van der Waals surface area contributed by atoms with Gasteiger partial charge in [0.1, 0.15) is 0 Å². The van der Waals surface area contributed by atoms with Gasteiger partial charge in [0.15, 0.2) is 0 Å². The quantitative estimate of drug-likeness (QED) is 0.934. The van der Waals surface area contributed by atoms with E-state index in [-0.39, 0.29) is 6.42 Å². The highest BCUT2D eigenvalue weighted by molar-refractivity contribution is 9.11. The van der Waals surface area contributed by atoms with Crippen molar-refractivity contribution in [1.29, 1.82) is 0 Å². The number of nitrogens with zero attached hydrogens (tertiary/aromatic N) is 1. The van der Waals surface area contributed by atoms with E-state index in [0.717, 1.165) is 14.6 Å². The van der Waals surface area contributed by atoms with Crippen LogP contribution in [0.3, 0.4) is 0 Å². The molecule has 0 aliphatic carbocycles. The van der Waals surface area contributed by atoms with Crippen LogP contribution >= 0.6 is 31.9 Å². The minimum atomic E-state index is -0.809. The van der Waals surface area contributed by atoms with E-state index in [4.69, 9.17) is 5.11 Å². The average molecular weight is 309 g/mol. The number of carbonyl (C=O) groups is 1. The van der Waals surface area contributed by atoms with E-state index in [1.165, 1.54) is 0 Å². The summed E-state index contributed by atoms with van der Waals surface area (Å²) in [7, 11) is 0. The van der Waals surface area contributed by atoms with Gasteiger partial charge in [-0.1, -0.05) is 0 Å². The number of pyridine rings is 1. The van der Waals surface area contributed by atoms with Crippen molar-refractivity contribution in [2.75, 3.05) is 0 Å². The molecule has 0 aliphatic heterocycles. The summed E-state index contributed by atoms with van der Waals surface area (Å²) in [4.78, 5) is 14.4. The normalized spacial score (nSPS) is 10.0. The van der Waals surface area contributed by atoms with E-state index in [1.54, 1.807) is 6.20 Å². The molecular weight excluding hydrogens is 302 g/mol. The van der Waals surface area contributed by atoms with Gasteiger partial charge in [0, 0.05) is 21.6 Å². The van der Waals surface area contributed by atoms with Gasteiger partial charge in [-0.15, -0.1) is 0 Å². The Morgan fingerprint density at radius 1 is 1.54 bits per heavy atom. The Bertz CT molecular complexity index is 328. The first kappa shape index (κ1) is 10.7. The second kappa shape index (κ2) is 4.72. The van der Waals surface area contributed by atoms with Crippen LogP contribution in [0.5, 0.6) is 0 Å².